The zero-order valence-electron chi connectivity index (χ0n) is 4.16. The summed E-state index contributed by atoms with van der Waals surface area (Å²) in [4.78, 5) is 0. The smallest absolute Gasteiger partial charge is 0.167 e. The quantitative estimate of drug-likeness (QED) is 0.554. The van der Waals surface area contributed by atoms with Crippen LogP contribution in [0.25, 0.3) is 0 Å². The maximum atomic E-state index is 9.03. The van der Waals surface area contributed by atoms with Crippen LogP contribution in [0.4, 0.5) is 0 Å². The van der Waals surface area contributed by atoms with Crippen LogP contribution >= 0.6 is 34.8 Å². The van der Waals surface area contributed by atoms with Gasteiger partial charge >= 0.3 is 0 Å². The van der Waals surface area contributed by atoms with Crippen molar-refractivity contribution in [3.8, 4) is 0 Å². The van der Waals surface area contributed by atoms with E-state index in [1.165, 1.54) is 6.92 Å². The highest BCUT2D eigenvalue weighted by Crippen LogP contribution is 2.59. The van der Waals surface area contributed by atoms with Gasteiger partial charge in [-0.2, -0.15) is 0 Å². The van der Waals surface area contributed by atoms with Gasteiger partial charge in [0.25, 0.3) is 0 Å². The van der Waals surface area contributed by atoms with Crippen molar-refractivity contribution in [3.63, 3.8) is 0 Å². The van der Waals surface area contributed by atoms with E-state index in [2.05, 4.69) is 0 Å². The topological polar surface area (TPSA) is 20.2 Å². The fourth-order valence-corrected chi connectivity index (χ4v) is 1.44. The molecule has 1 N–H and O–H groups in total. The lowest BCUT2D eigenvalue weighted by Gasteiger charge is -1.97. The summed E-state index contributed by atoms with van der Waals surface area (Å²) in [7, 11) is 0. The Morgan fingerprint density at radius 3 is 1.62 bits per heavy atom. The highest BCUT2D eigenvalue weighted by molar-refractivity contribution is 6.58. The SMILES string of the molecule is CC1(O)C(Cl)C1(Cl)Cl. The summed E-state index contributed by atoms with van der Waals surface area (Å²) in [6, 6.07) is 0. The van der Waals surface area contributed by atoms with Gasteiger partial charge in [0.1, 0.15) is 11.0 Å². The van der Waals surface area contributed by atoms with Crippen LogP contribution in [0.1, 0.15) is 6.92 Å². The van der Waals surface area contributed by atoms with Crippen LogP contribution in [0.15, 0.2) is 0 Å². The summed E-state index contributed by atoms with van der Waals surface area (Å²) in [5, 5.41) is 8.50. The minimum atomic E-state index is -1.13. The first-order valence-electron chi connectivity index (χ1n) is 2.15. The van der Waals surface area contributed by atoms with Crippen molar-refractivity contribution in [1.29, 1.82) is 0 Å². The van der Waals surface area contributed by atoms with Crippen LogP contribution in [0.5, 0.6) is 0 Å². The molecule has 0 aromatic rings. The first-order valence-corrected chi connectivity index (χ1v) is 3.34. The van der Waals surface area contributed by atoms with Gasteiger partial charge in [0.15, 0.2) is 4.33 Å². The Labute approximate surface area is 62.5 Å². The van der Waals surface area contributed by atoms with E-state index in [0.717, 1.165) is 0 Å². The molecule has 0 heterocycles. The molecule has 0 radical (unpaired) electrons. The maximum Gasteiger partial charge on any atom is 0.167 e. The van der Waals surface area contributed by atoms with Gasteiger partial charge in [-0.05, 0) is 6.92 Å². The minimum absolute atomic E-state index is 0.529. The molecule has 0 aliphatic heterocycles. The van der Waals surface area contributed by atoms with Crippen molar-refractivity contribution in [2.75, 3.05) is 0 Å². The van der Waals surface area contributed by atoms with Gasteiger partial charge in [-0.1, -0.05) is 23.2 Å². The zero-order valence-corrected chi connectivity index (χ0v) is 6.43. The maximum absolute atomic E-state index is 9.03. The third-order valence-electron chi connectivity index (χ3n) is 1.40. The first-order chi connectivity index (χ1) is 3.40. The van der Waals surface area contributed by atoms with Gasteiger partial charge in [-0.25, -0.2) is 0 Å². The Morgan fingerprint density at radius 1 is 1.50 bits per heavy atom. The summed E-state index contributed by atoms with van der Waals surface area (Å²) in [5.41, 5.74) is -1.10. The van der Waals surface area contributed by atoms with Crippen molar-refractivity contribution in [2.24, 2.45) is 0 Å². The van der Waals surface area contributed by atoms with Gasteiger partial charge in [0.05, 0.1) is 0 Å². The Balaban J connectivity index is 2.72. The van der Waals surface area contributed by atoms with E-state index in [1.54, 1.807) is 0 Å². The highest BCUT2D eigenvalue weighted by Gasteiger charge is 2.72. The molecule has 1 rings (SSSR count). The molecule has 0 bridgehead atoms. The van der Waals surface area contributed by atoms with E-state index >= 15 is 0 Å². The predicted molar refractivity (Wildman–Crippen MR) is 34.7 cm³/mol. The van der Waals surface area contributed by atoms with Crippen LogP contribution in [-0.4, -0.2) is 20.4 Å². The summed E-state index contributed by atoms with van der Waals surface area (Å²) in [5.74, 6) is 0. The fourth-order valence-electron chi connectivity index (χ4n) is 0.469. The Morgan fingerprint density at radius 2 is 1.62 bits per heavy atom. The van der Waals surface area contributed by atoms with Crippen molar-refractivity contribution >= 4 is 34.8 Å². The average molecular weight is 175 g/mol. The first kappa shape index (κ1) is 6.94. The van der Waals surface area contributed by atoms with Crippen molar-refractivity contribution in [1.82, 2.24) is 0 Å². The Kier molecular flexibility index (Phi) is 1.27. The fraction of sp³-hybridized carbons (Fsp3) is 1.00. The van der Waals surface area contributed by atoms with Crippen molar-refractivity contribution < 1.29 is 5.11 Å². The number of rotatable bonds is 0. The van der Waals surface area contributed by atoms with E-state index in [-0.39, 0.29) is 0 Å². The van der Waals surface area contributed by atoms with E-state index in [0.29, 0.717) is 0 Å². The van der Waals surface area contributed by atoms with Crippen LogP contribution < -0.4 is 0 Å². The van der Waals surface area contributed by atoms with Crippen LogP contribution in [0, 0.1) is 0 Å². The molecule has 1 fully saturated rings. The number of hydrogen-bond donors (Lipinski definition) is 1. The minimum Gasteiger partial charge on any atom is -0.385 e. The monoisotopic (exact) mass is 174 g/mol. The number of halogens is 3. The Hall–Kier alpha value is 0.830. The summed E-state index contributed by atoms with van der Waals surface area (Å²) in [6.45, 7) is 1.50. The molecule has 1 nitrogen and oxygen atoms in total. The molecule has 0 saturated heterocycles. The van der Waals surface area contributed by atoms with Crippen LogP contribution in [0.2, 0.25) is 0 Å². The molecule has 1 saturated carbocycles. The molecule has 48 valence electrons. The molecule has 0 amide bonds. The molecule has 2 unspecified atom stereocenters. The van der Waals surface area contributed by atoms with Crippen LogP contribution in [-0.2, 0) is 0 Å². The predicted octanol–water partition coefficient (Wildman–Crippen LogP) is 1.53. The molecular weight excluding hydrogens is 170 g/mol. The molecular formula is C4H5Cl3O. The van der Waals surface area contributed by atoms with E-state index in [9.17, 15) is 0 Å². The van der Waals surface area contributed by atoms with Crippen molar-refractivity contribution in [3.05, 3.63) is 0 Å². The largest absolute Gasteiger partial charge is 0.385 e. The number of hydrogen-bond acceptors (Lipinski definition) is 1. The lowest BCUT2D eigenvalue weighted by atomic mass is 10.4. The van der Waals surface area contributed by atoms with Gasteiger partial charge in [-0.3, -0.25) is 0 Å². The number of aliphatic hydroxyl groups is 1. The zero-order chi connectivity index (χ0) is 6.58. The normalized spacial score (nSPS) is 51.4. The van der Waals surface area contributed by atoms with E-state index in [4.69, 9.17) is 39.9 Å². The Bertz CT molecular complexity index is 106. The van der Waals surface area contributed by atoms with Gasteiger partial charge in [0, 0.05) is 0 Å². The summed E-state index contributed by atoms with van der Waals surface area (Å²) < 4.78 is -1.13. The molecule has 1 aliphatic rings. The second-order valence-electron chi connectivity index (χ2n) is 2.13. The lowest BCUT2D eigenvalue weighted by molar-refractivity contribution is 0.170. The van der Waals surface area contributed by atoms with E-state index < -0.39 is 15.3 Å². The standard InChI is InChI=1S/C4H5Cl3O/c1-3(8)2(5)4(3,6)7/h2,8H,1H3. The molecule has 0 aromatic carbocycles. The van der Waals surface area contributed by atoms with Gasteiger partial charge in [0.2, 0.25) is 0 Å². The average Bonchev–Trinajstić information content (AvgIpc) is 1.88. The highest BCUT2D eigenvalue weighted by atomic mass is 35.5. The summed E-state index contributed by atoms with van der Waals surface area (Å²) >= 11 is 16.4. The third-order valence-corrected chi connectivity index (χ3v) is 3.58. The second kappa shape index (κ2) is 1.46. The molecule has 8 heavy (non-hydrogen) atoms. The van der Waals surface area contributed by atoms with Gasteiger partial charge in [-0.15, -0.1) is 11.6 Å². The molecule has 2 atom stereocenters. The van der Waals surface area contributed by atoms with Crippen LogP contribution in [0.3, 0.4) is 0 Å². The third kappa shape index (κ3) is 0.590. The second-order valence-corrected chi connectivity index (χ2v) is 3.96. The van der Waals surface area contributed by atoms with Gasteiger partial charge < -0.3 is 5.11 Å². The summed E-state index contributed by atoms with van der Waals surface area (Å²) in [6.07, 6.45) is 0. The molecule has 0 spiro atoms. The molecule has 0 aromatic heterocycles. The molecule has 1 aliphatic carbocycles. The lowest BCUT2D eigenvalue weighted by Crippen LogP contribution is -2.09. The molecule has 4 heteroatoms. The van der Waals surface area contributed by atoms with Crippen molar-refractivity contribution in [2.45, 2.75) is 22.2 Å². The number of alkyl halides is 3. The van der Waals surface area contributed by atoms with E-state index in [1.807, 2.05) is 0 Å².